The quantitative estimate of drug-likeness (QED) is 0.661. The van der Waals surface area contributed by atoms with Gasteiger partial charge in [0, 0.05) is 28.9 Å². The van der Waals surface area contributed by atoms with E-state index in [4.69, 9.17) is 4.74 Å². The second kappa shape index (κ2) is 10.8. The molecule has 0 unspecified atom stereocenters. The topological polar surface area (TPSA) is 79.5 Å². The summed E-state index contributed by atoms with van der Waals surface area (Å²) >= 11 is 0. The first-order chi connectivity index (χ1) is 13.5. The number of nitrogens with one attached hydrogen (secondary N) is 3. The average Bonchev–Trinajstić information content (AvgIpc) is 2.70. The molecule has 6 nitrogen and oxygen atoms in total. The third-order valence-electron chi connectivity index (χ3n) is 4.83. The van der Waals surface area contributed by atoms with Crippen LogP contribution in [0.15, 0.2) is 48.5 Å². The van der Waals surface area contributed by atoms with Crippen LogP contribution in [0, 0.1) is 5.92 Å². The number of ether oxygens (including phenoxy) is 1. The molecule has 2 atom stereocenters. The summed E-state index contributed by atoms with van der Waals surface area (Å²) in [5.74, 6) is 0.636. The molecule has 1 heterocycles. The van der Waals surface area contributed by atoms with Crippen molar-refractivity contribution >= 4 is 35.6 Å². The highest BCUT2D eigenvalue weighted by Gasteiger charge is 2.24. The van der Waals surface area contributed by atoms with E-state index in [9.17, 15) is 9.59 Å². The van der Waals surface area contributed by atoms with E-state index < -0.39 is 0 Å². The number of benzene rings is 2. The number of piperidine rings is 1. The lowest BCUT2D eigenvalue weighted by atomic mass is 9.92. The number of anilines is 2. The fourth-order valence-electron chi connectivity index (χ4n) is 3.32. The van der Waals surface area contributed by atoms with Gasteiger partial charge >= 0.3 is 0 Å². The molecule has 2 aromatic carbocycles. The molecule has 29 heavy (non-hydrogen) atoms. The molecule has 2 amide bonds. The Morgan fingerprint density at radius 1 is 1.03 bits per heavy atom. The minimum atomic E-state index is -0.200. The molecule has 7 heteroatoms. The monoisotopic (exact) mass is 417 g/mol. The van der Waals surface area contributed by atoms with Gasteiger partial charge in [-0.15, -0.1) is 12.4 Å². The van der Waals surface area contributed by atoms with Gasteiger partial charge in [0.05, 0.1) is 6.61 Å². The zero-order chi connectivity index (χ0) is 19.9. The molecule has 0 radical (unpaired) electrons. The third kappa shape index (κ3) is 6.48. The number of hydrogen-bond donors (Lipinski definition) is 3. The summed E-state index contributed by atoms with van der Waals surface area (Å²) in [4.78, 5) is 24.8. The lowest BCUT2D eigenvalue weighted by molar-refractivity contribution is -0.120. The Morgan fingerprint density at radius 3 is 2.28 bits per heavy atom. The third-order valence-corrected chi connectivity index (χ3v) is 4.83. The maximum atomic E-state index is 12.4. The minimum Gasteiger partial charge on any atom is -0.494 e. The summed E-state index contributed by atoms with van der Waals surface area (Å²) in [6.07, 6.45) is 1.69. The van der Waals surface area contributed by atoms with E-state index >= 15 is 0 Å². The zero-order valence-electron chi connectivity index (χ0n) is 16.7. The van der Waals surface area contributed by atoms with E-state index in [-0.39, 0.29) is 30.1 Å². The van der Waals surface area contributed by atoms with Crippen LogP contribution in [-0.4, -0.2) is 31.0 Å². The molecule has 156 valence electrons. The highest BCUT2D eigenvalue weighted by molar-refractivity contribution is 6.04. The van der Waals surface area contributed by atoms with Crippen molar-refractivity contribution in [3.63, 3.8) is 0 Å². The molecule has 0 spiro atoms. The Morgan fingerprint density at radius 2 is 1.66 bits per heavy atom. The van der Waals surface area contributed by atoms with Crippen LogP contribution in [0.4, 0.5) is 11.4 Å². The summed E-state index contributed by atoms with van der Waals surface area (Å²) < 4.78 is 5.39. The molecule has 0 aromatic heterocycles. The first-order valence-corrected chi connectivity index (χ1v) is 9.73. The Kier molecular flexibility index (Phi) is 8.49. The Balaban J connectivity index is 0.00000300. The molecular weight excluding hydrogens is 390 g/mol. The van der Waals surface area contributed by atoms with Crippen molar-refractivity contribution in [1.82, 2.24) is 5.32 Å². The van der Waals surface area contributed by atoms with Gasteiger partial charge in [0.2, 0.25) is 5.91 Å². The average molecular weight is 418 g/mol. The summed E-state index contributed by atoms with van der Waals surface area (Å²) in [6.45, 7) is 5.49. The van der Waals surface area contributed by atoms with E-state index in [1.165, 1.54) is 0 Å². The van der Waals surface area contributed by atoms with Crippen LogP contribution in [0.2, 0.25) is 0 Å². The van der Waals surface area contributed by atoms with E-state index in [1.54, 1.807) is 36.4 Å². The maximum absolute atomic E-state index is 12.4. The number of carbonyl (C=O) groups is 2. The van der Waals surface area contributed by atoms with Crippen molar-refractivity contribution in [2.75, 3.05) is 23.8 Å². The fraction of sp³-hybridized carbons (Fsp3) is 0.364. The lowest BCUT2D eigenvalue weighted by Crippen LogP contribution is -2.40. The first kappa shape index (κ1) is 22.7. The van der Waals surface area contributed by atoms with Gasteiger partial charge in [0.25, 0.3) is 5.91 Å². The van der Waals surface area contributed by atoms with Crippen LogP contribution in [0.25, 0.3) is 0 Å². The number of rotatable bonds is 6. The summed E-state index contributed by atoms with van der Waals surface area (Å²) in [7, 11) is 0. The molecule has 1 aliphatic rings. The van der Waals surface area contributed by atoms with Gasteiger partial charge in [-0.2, -0.15) is 0 Å². The van der Waals surface area contributed by atoms with E-state index in [0.717, 1.165) is 25.1 Å². The molecule has 3 N–H and O–H groups in total. The van der Waals surface area contributed by atoms with Crippen LogP contribution in [0.1, 0.15) is 37.0 Å². The van der Waals surface area contributed by atoms with Gasteiger partial charge in [-0.05, 0) is 81.8 Å². The molecule has 2 aromatic rings. The summed E-state index contributed by atoms with van der Waals surface area (Å²) in [6, 6.07) is 14.5. The largest absolute Gasteiger partial charge is 0.494 e. The summed E-state index contributed by atoms with van der Waals surface area (Å²) in [5, 5.41) is 9.16. The van der Waals surface area contributed by atoms with Crippen molar-refractivity contribution in [3.05, 3.63) is 54.1 Å². The minimum absolute atomic E-state index is 0. The Hall–Kier alpha value is -2.57. The molecule has 0 bridgehead atoms. The molecule has 0 saturated carbocycles. The fourth-order valence-corrected chi connectivity index (χ4v) is 3.32. The smallest absolute Gasteiger partial charge is 0.255 e. The standard InChI is InChI=1S/C22H27N3O3.ClH/c1-3-28-20-10-8-19(9-11-20)24-21(26)16-4-6-18(7-5-16)25-22(27)17-12-13-23-15(2)14-17;/h4-11,15,17,23H,3,12-14H2,1-2H3,(H,24,26)(H,25,27);1H/t15-,17-;/m0./s1. The number of amides is 2. The summed E-state index contributed by atoms with van der Waals surface area (Å²) in [5.41, 5.74) is 1.93. The van der Waals surface area contributed by atoms with Gasteiger partial charge in [0.15, 0.2) is 0 Å². The van der Waals surface area contributed by atoms with Crippen molar-refractivity contribution in [1.29, 1.82) is 0 Å². The lowest BCUT2D eigenvalue weighted by Gasteiger charge is -2.27. The Labute approximate surface area is 177 Å². The molecule has 0 aliphatic carbocycles. The SMILES string of the molecule is CCOc1ccc(NC(=O)c2ccc(NC(=O)[C@H]3CCN[C@@H](C)C3)cc2)cc1.Cl. The highest BCUT2D eigenvalue weighted by Crippen LogP contribution is 2.20. The predicted molar refractivity (Wildman–Crippen MR) is 118 cm³/mol. The number of hydrogen-bond acceptors (Lipinski definition) is 4. The zero-order valence-corrected chi connectivity index (χ0v) is 17.6. The van der Waals surface area contributed by atoms with Gasteiger partial charge in [-0.1, -0.05) is 0 Å². The van der Waals surface area contributed by atoms with Gasteiger partial charge in [-0.25, -0.2) is 0 Å². The van der Waals surface area contributed by atoms with Crippen molar-refractivity contribution < 1.29 is 14.3 Å². The molecule has 1 aliphatic heterocycles. The number of halogens is 1. The molecule has 1 fully saturated rings. The van der Waals surface area contributed by atoms with E-state index in [1.807, 2.05) is 19.1 Å². The molecule has 1 saturated heterocycles. The normalized spacial score (nSPS) is 18.3. The second-order valence-corrected chi connectivity index (χ2v) is 7.05. The van der Waals surface area contributed by atoms with Crippen LogP contribution < -0.4 is 20.7 Å². The maximum Gasteiger partial charge on any atom is 0.255 e. The van der Waals surface area contributed by atoms with Gasteiger partial charge in [-0.3, -0.25) is 9.59 Å². The van der Waals surface area contributed by atoms with Crippen molar-refractivity contribution in [2.24, 2.45) is 5.92 Å². The number of carbonyl (C=O) groups excluding carboxylic acids is 2. The van der Waals surface area contributed by atoms with Crippen molar-refractivity contribution in [2.45, 2.75) is 32.7 Å². The molecular formula is C22H28ClN3O3. The van der Waals surface area contributed by atoms with E-state index in [2.05, 4.69) is 22.9 Å². The van der Waals surface area contributed by atoms with E-state index in [0.29, 0.717) is 29.6 Å². The van der Waals surface area contributed by atoms with Gasteiger partial charge < -0.3 is 20.7 Å². The van der Waals surface area contributed by atoms with Crippen molar-refractivity contribution in [3.8, 4) is 5.75 Å². The van der Waals surface area contributed by atoms with Crippen LogP contribution in [-0.2, 0) is 4.79 Å². The van der Waals surface area contributed by atoms with Crippen LogP contribution in [0.5, 0.6) is 5.75 Å². The highest BCUT2D eigenvalue weighted by atomic mass is 35.5. The van der Waals surface area contributed by atoms with Gasteiger partial charge in [0.1, 0.15) is 5.75 Å². The van der Waals surface area contributed by atoms with Crippen LogP contribution in [0.3, 0.4) is 0 Å². The second-order valence-electron chi connectivity index (χ2n) is 7.05. The molecule has 3 rings (SSSR count). The first-order valence-electron chi connectivity index (χ1n) is 9.73. The Bertz CT molecular complexity index is 809. The van der Waals surface area contributed by atoms with Crippen LogP contribution >= 0.6 is 12.4 Å². The predicted octanol–water partition coefficient (Wildman–Crippen LogP) is 4.09.